The molecule has 0 fully saturated rings. The van der Waals surface area contributed by atoms with Crippen molar-refractivity contribution in [2.75, 3.05) is 4.90 Å². The zero-order valence-electron chi connectivity index (χ0n) is 18.2. The van der Waals surface area contributed by atoms with Crippen LogP contribution in [0.2, 0.25) is 0 Å². The van der Waals surface area contributed by atoms with Crippen molar-refractivity contribution >= 4 is 11.7 Å². The Morgan fingerprint density at radius 2 is 1.72 bits per heavy atom. The molecule has 4 rings (SSSR count). The van der Waals surface area contributed by atoms with Gasteiger partial charge in [-0.05, 0) is 52.9 Å². The van der Waals surface area contributed by atoms with Gasteiger partial charge in [-0.1, -0.05) is 56.3 Å². The quantitative estimate of drug-likeness (QED) is 0.389. The number of rotatable bonds is 5. The first kappa shape index (κ1) is 21.4. The lowest BCUT2D eigenvalue weighted by atomic mass is 9.87. The number of anilines is 1. The molecule has 2 aromatic carbocycles. The first-order chi connectivity index (χ1) is 15.3. The summed E-state index contributed by atoms with van der Waals surface area (Å²) in [7, 11) is 0. The van der Waals surface area contributed by atoms with Crippen LogP contribution in [0.4, 0.5) is 10.2 Å². The Hall–Kier alpha value is -3.80. The monoisotopic (exact) mass is 429 g/mol. The van der Waals surface area contributed by atoms with Crippen LogP contribution in [0.25, 0.3) is 11.3 Å². The lowest BCUT2D eigenvalue weighted by Gasteiger charge is -2.22. The van der Waals surface area contributed by atoms with Gasteiger partial charge in [-0.2, -0.15) is 0 Å². The number of nitrogens with zero attached hydrogens (tertiary/aromatic N) is 3. The van der Waals surface area contributed by atoms with Gasteiger partial charge in [0.2, 0.25) is 0 Å². The molecule has 32 heavy (non-hydrogen) atoms. The van der Waals surface area contributed by atoms with E-state index in [9.17, 15) is 9.18 Å². The summed E-state index contributed by atoms with van der Waals surface area (Å²) in [5, 5.41) is 3.96. The molecule has 0 aliphatic rings. The van der Waals surface area contributed by atoms with Crippen LogP contribution in [0.1, 0.15) is 42.4 Å². The Labute approximate surface area is 186 Å². The molecular formula is C26H24FN3O2. The number of benzene rings is 2. The number of amides is 1. The maximum atomic E-state index is 13.4. The van der Waals surface area contributed by atoms with E-state index in [0.29, 0.717) is 23.7 Å². The van der Waals surface area contributed by atoms with Crippen molar-refractivity contribution in [3.8, 4) is 11.3 Å². The maximum Gasteiger partial charge on any atom is 0.281 e. The summed E-state index contributed by atoms with van der Waals surface area (Å²) in [5.41, 5.74) is 3.03. The molecule has 5 nitrogen and oxygen atoms in total. The lowest BCUT2D eigenvalue weighted by Crippen LogP contribution is -2.31. The largest absolute Gasteiger partial charge is 0.355 e. The van der Waals surface area contributed by atoms with E-state index in [1.54, 1.807) is 41.4 Å². The SMILES string of the molecule is CC(C)(C)c1ccc(CN(C(=O)c2cc(-c3ccc(F)cc3)on2)c2ccccn2)cc1. The highest BCUT2D eigenvalue weighted by Gasteiger charge is 2.23. The Bertz CT molecular complexity index is 1190. The first-order valence-electron chi connectivity index (χ1n) is 10.4. The number of hydrogen-bond acceptors (Lipinski definition) is 4. The molecule has 0 atom stereocenters. The molecule has 0 unspecified atom stereocenters. The molecule has 1 amide bonds. The molecule has 162 valence electrons. The molecule has 0 radical (unpaired) electrons. The summed E-state index contributed by atoms with van der Waals surface area (Å²) in [6.07, 6.45) is 1.64. The standard InChI is InChI=1S/C26H24FN3O2/c1-26(2,3)20-11-7-18(8-12-20)17-30(24-6-4-5-15-28-24)25(31)22-16-23(32-29-22)19-9-13-21(27)14-10-19/h4-16H,17H2,1-3H3. The minimum absolute atomic E-state index is 0.0481. The number of halogens is 1. The third kappa shape index (κ3) is 4.75. The third-order valence-electron chi connectivity index (χ3n) is 5.19. The van der Waals surface area contributed by atoms with Crippen LogP contribution >= 0.6 is 0 Å². The van der Waals surface area contributed by atoms with Crippen molar-refractivity contribution in [2.45, 2.75) is 32.7 Å². The van der Waals surface area contributed by atoms with Gasteiger partial charge in [0.1, 0.15) is 11.6 Å². The van der Waals surface area contributed by atoms with Crippen LogP contribution in [0.3, 0.4) is 0 Å². The maximum absolute atomic E-state index is 13.4. The molecule has 0 spiro atoms. The number of carbonyl (C=O) groups excluding carboxylic acids is 1. The first-order valence-corrected chi connectivity index (χ1v) is 10.4. The molecule has 2 heterocycles. The minimum atomic E-state index is -0.344. The smallest absolute Gasteiger partial charge is 0.281 e. The van der Waals surface area contributed by atoms with Crippen molar-refractivity contribution in [1.29, 1.82) is 0 Å². The van der Waals surface area contributed by atoms with E-state index in [-0.39, 0.29) is 22.8 Å². The van der Waals surface area contributed by atoms with Crippen LogP contribution < -0.4 is 4.90 Å². The summed E-state index contributed by atoms with van der Waals surface area (Å²) < 4.78 is 18.6. The zero-order chi connectivity index (χ0) is 22.7. The van der Waals surface area contributed by atoms with Crippen molar-refractivity contribution < 1.29 is 13.7 Å². The van der Waals surface area contributed by atoms with E-state index >= 15 is 0 Å². The van der Waals surface area contributed by atoms with Gasteiger partial charge in [-0.25, -0.2) is 9.37 Å². The number of hydrogen-bond donors (Lipinski definition) is 0. The van der Waals surface area contributed by atoms with Crippen LogP contribution in [0.15, 0.2) is 83.5 Å². The van der Waals surface area contributed by atoms with Crippen molar-refractivity contribution in [3.05, 3.63) is 102 Å². The van der Waals surface area contributed by atoms with E-state index in [2.05, 4.69) is 43.0 Å². The van der Waals surface area contributed by atoms with Crippen molar-refractivity contribution in [3.63, 3.8) is 0 Å². The van der Waals surface area contributed by atoms with Crippen LogP contribution in [0.5, 0.6) is 0 Å². The molecule has 0 aliphatic heterocycles. The zero-order valence-corrected chi connectivity index (χ0v) is 18.2. The van der Waals surface area contributed by atoms with Gasteiger partial charge in [-0.3, -0.25) is 9.69 Å². The Kier molecular flexibility index (Phi) is 5.86. The molecule has 2 aromatic heterocycles. The van der Waals surface area contributed by atoms with Gasteiger partial charge < -0.3 is 4.52 Å². The van der Waals surface area contributed by atoms with Crippen molar-refractivity contribution in [1.82, 2.24) is 10.1 Å². The highest BCUT2D eigenvalue weighted by Crippen LogP contribution is 2.25. The van der Waals surface area contributed by atoms with E-state index in [0.717, 1.165) is 5.56 Å². The fraction of sp³-hybridized carbons (Fsp3) is 0.192. The molecule has 0 bridgehead atoms. The van der Waals surface area contributed by atoms with E-state index in [1.165, 1.54) is 17.7 Å². The second kappa shape index (κ2) is 8.75. The summed E-state index contributed by atoms with van der Waals surface area (Å²) in [6.45, 7) is 6.82. The lowest BCUT2D eigenvalue weighted by molar-refractivity contribution is 0.0975. The Morgan fingerprint density at radius 1 is 1.00 bits per heavy atom. The second-order valence-electron chi connectivity index (χ2n) is 8.61. The van der Waals surface area contributed by atoms with E-state index < -0.39 is 0 Å². The topological polar surface area (TPSA) is 59.2 Å². The number of carbonyl (C=O) groups is 1. The molecule has 0 saturated carbocycles. The average Bonchev–Trinajstić information content (AvgIpc) is 3.28. The average molecular weight is 429 g/mol. The second-order valence-corrected chi connectivity index (χ2v) is 8.61. The highest BCUT2D eigenvalue weighted by atomic mass is 19.1. The van der Waals surface area contributed by atoms with Crippen LogP contribution in [0, 0.1) is 5.82 Å². The third-order valence-corrected chi connectivity index (χ3v) is 5.19. The predicted molar refractivity (Wildman–Crippen MR) is 122 cm³/mol. The number of aromatic nitrogens is 2. The van der Waals surface area contributed by atoms with Gasteiger partial charge in [-0.15, -0.1) is 0 Å². The minimum Gasteiger partial charge on any atom is -0.355 e. The van der Waals surface area contributed by atoms with Crippen LogP contribution in [-0.2, 0) is 12.0 Å². The summed E-state index contributed by atoms with van der Waals surface area (Å²) >= 11 is 0. The normalized spacial score (nSPS) is 11.4. The van der Waals surface area contributed by atoms with Crippen LogP contribution in [-0.4, -0.2) is 16.0 Å². The molecule has 4 aromatic rings. The summed E-state index contributed by atoms with van der Waals surface area (Å²) in [5.74, 6) is 0.233. The molecule has 0 aliphatic carbocycles. The molecular weight excluding hydrogens is 405 g/mol. The highest BCUT2D eigenvalue weighted by molar-refractivity contribution is 6.04. The fourth-order valence-electron chi connectivity index (χ4n) is 3.33. The summed E-state index contributed by atoms with van der Waals surface area (Å²) in [4.78, 5) is 19.3. The van der Waals surface area contributed by atoms with Gasteiger partial charge in [0.25, 0.3) is 5.91 Å². The van der Waals surface area contributed by atoms with Gasteiger partial charge in [0, 0.05) is 17.8 Å². The van der Waals surface area contributed by atoms with Gasteiger partial charge in [0.05, 0.1) is 6.54 Å². The predicted octanol–water partition coefficient (Wildman–Crippen LogP) is 6.02. The fourth-order valence-corrected chi connectivity index (χ4v) is 3.33. The van der Waals surface area contributed by atoms with Gasteiger partial charge in [0.15, 0.2) is 11.5 Å². The Balaban J connectivity index is 1.62. The van der Waals surface area contributed by atoms with E-state index in [1.807, 2.05) is 18.2 Å². The molecule has 6 heteroatoms. The molecule has 0 saturated heterocycles. The summed E-state index contributed by atoms with van der Waals surface area (Å²) in [6, 6.07) is 21.0. The Morgan fingerprint density at radius 3 is 2.34 bits per heavy atom. The van der Waals surface area contributed by atoms with Gasteiger partial charge >= 0.3 is 0 Å². The van der Waals surface area contributed by atoms with E-state index in [4.69, 9.17) is 4.52 Å². The molecule has 0 N–H and O–H groups in total. The number of pyridine rings is 1. The van der Waals surface area contributed by atoms with Crippen molar-refractivity contribution in [2.24, 2.45) is 0 Å².